The average Bonchev–Trinajstić information content (AvgIpc) is 3.74. The molecule has 2 aliphatic heterocycles. The van der Waals surface area contributed by atoms with Crippen LogP contribution in [0.3, 0.4) is 0 Å². The monoisotopic (exact) mass is 1060 g/mol. The van der Waals surface area contributed by atoms with Gasteiger partial charge in [-0.15, -0.1) is 0 Å². The summed E-state index contributed by atoms with van der Waals surface area (Å²) in [6, 6.07) is 34.6. The molecule has 0 spiro atoms. The molecule has 0 bridgehead atoms. The fourth-order valence-electron chi connectivity index (χ4n) is 9.90. The normalized spacial score (nSPS) is 26.1. The molecule has 6 N–H and O–H groups in total. The minimum atomic E-state index is -4.88. The van der Waals surface area contributed by atoms with E-state index in [2.05, 4.69) is 9.97 Å². The van der Waals surface area contributed by atoms with E-state index in [1.54, 1.807) is 60.7 Å². The third-order valence-corrected chi connectivity index (χ3v) is 15.3. The summed E-state index contributed by atoms with van der Waals surface area (Å²) in [6.45, 7) is 5.54. The Bertz CT molecular complexity index is 2970. The summed E-state index contributed by atoms with van der Waals surface area (Å²) in [6.07, 6.45) is -10.6. The molecule has 12 atom stereocenters. The highest BCUT2D eigenvalue weighted by molar-refractivity contribution is 7.51. The Labute approximate surface area is 430 Å². The minimum absolute atomic E-state index is 0.0704. The molecule has 0 saturated carbocycles. The van der Waals surface area contributed by atoms with Crippen LogP contribution in [0.4, 0.5) is 8.78 Å². The summed E-state index contributed by atoms with van der Waals surface area (Å²) in [5, 5.41) is 23.3. The Morgan fingerprint density at radius 2 is 0.973 bits per heavy atom. The van der Waals surface area contributed by atoms with Gasteiger partial charge in [-0.25, -0.2) is 28.4 Å². The molecule has 0 radical (unpaired) electrons. The molecule has 2 unspecified atom stereocenters. The molecule has 21 heteroatoms. The van der Waals surface area contributed by atoms with Crippen LogP contribution in [0.15, 0.2) is 153 Å². The van der Waals surface area contributed by atoms with E-state index in [1.165, 1.54) is 0 Å². The zero-order chi connectivity index (χ0) is 53.7. The Hall–Kier alpha value is -6.03. The number of nitrogens with one attached hydrogen (secondary N) is 2. The predicted octanol–water partition coefficient (Wildman–Crippen LogP) is 6.30. The van der Waals surface area contributed by atoms with Crippen molar-refractivity contribution < 1.29 is 51.6 Å². The summed E-state index contributed by atoms with van der Waals surface area (Å²) in [5.74, 6) is -1.88. The van der Waals surface area contributed by atoms with E-state index in [4.69, 9.17) is 33.5 Å². The van der Waals surface area contributed by atoms with Crippen LogP contribution in [-0.2, 0) is 45.8 Å². The van der Waals surface area contributed by atoms with Gasteiger partial charge >= 0.3 is 19.1 Å². The molecular formula is C54H62F2N5O13P. The van der Waals surface area contributed by atoms with Gasteiger partial charge in [-0.05, 0) is 73.9 Å². The van der Waals surface area contributed by atoms with E-state index in [0.717, 1.165) is 69.8 Å². The molecule has 0 aliphatic carbocycles. The lowest BCUT2D eigenvalue weighted by molar-refractivity contribution is -0.0614. The number of aliphatic hydroxyl groups is 2. The van der Waals surface area contributed by atoms with E-state index in [1.807, 2.05) is 62.4 Å². The first kappa shape index (κ1) is 55.2. The molecule has 2 saturated heterocycles. The number of aromatic amines is 2. The number of aliphatic hydroxyl groups excluding tert-OH is 2. The lowest BCUT2D eigenvalue weighted by Gasteiger charge is -2.35. The molecule has 75 heavy (non-hydrogen) atoms. The molecule has 2 aromatic heterocycles. The second kappa shape index (κ2) is 23.5. The van der Waals surface area contributed by atoms with Gasteiger partial charge in [0.25, 0.3) is 11.1 Å². The summed E-state index contributed by atoms with van der Waals surface area (Å²) in [7, 11) is -4.88. The summed E-state index contributed by atoms with van der Waals surface area (Å²) < 4.78 is 88.4. The van der Waals surface area contributed by atoms with E-state index in [9.17, 15) is 29.4 Å². The van der Waals surface area contributed by atoms with Gasteiger partial charge in [0.05, 0.1) is 50.8 Å². The van der Waals surface area contributed by atoms with Crippen molar-refractivity contribution in [2.24, 2.45) is 5.50 Å². The van der Waals surface area contributed by atoms with Crippen molar-refractivity contribution in [3.8, 4) is 0 Å². The van der Waals surface area contributed by atoms with E-state index in [-0.39, 0.29) is 39.3 Å². The van der Waals surface area contributed by atoms with Gasteiger partial charge in [-0.1, -0.05) is 109 Å². The van der Waals surface area contributed by atoms with E-state index in [0.29, 0.717) is 11.1 Å². The molecule has 2 fully saturated rings. The predicted molar refractivity (Wildman–Crippen MR) is 272 cm³/mol. The minimum Gasteiger partial charge on any atom is -0.387 e. The van der Waals surface area contributed by atoms with Crippen LogP contribution in [0, 0.1) is 13.8 Å². The van der Waals surface area contributed by atoms with Gasteiger partial charge in [0.2, 0.25) is 0 Å². The molecule has 2 aliphatic rings. The molecule has 4 aromatic carbocycles. The maximum absolute atomic E-state index is 16.7. The molecule has 4 heterocycles. The molecule has 400 valence electrons. The number of nitrogens with two attached hydrogens (primary N) is 1. The van der Waals surface area contributed by atoms with Crippen LogP contribution in [-0.4, -0.2) is 90.5 Å². The number of aromatic nitrogens is 4. The van der Waals surface area contributed by atoms with Crippen molar-refractivity contribution in [3.05, 3.63) is 209 Å². The maximum atomic E-state index is 16.7. The van der Waals surface area contributed by atoms with Crippen LogP contribution in [0.25, 0.3) is 0 Å². The molecule has 6 aromatic rings. The number of rotatable bonds is 22. The Kier molecular flexibility index (Phi) is 17.3. The van der Waals surface area contributed by atoms with Crippen LogP contribution >= 0.6 is 7.75 Å². The van der Waals surface area contributed by atoms with Crippen molar-refractivity contribution >= 4 is 7.75 Å². The van der Waals surface area contributed by atoms with Crippen LogP contribution in [0.5, 0.6) is 0 Å². The second-order valence-electron chi connectivity index (χ2n) is 19.5. The van der Waals surface area contributed by atoms with Gasteiger partial charge in [0.15, 0.2) is 23.8 Å². The van der Waals surface area contributed by atoms with Crippen molar-refractivity contribution in [2.45, 2.75) is 126 Å². The number of halogens is 2. The highest BCUT2D eigenvalue weighted by atomic mass is 31.2. The quantitative estimate of drug-likeness (QED) is 0.0469. The fourth-order valence-corrected chi connectivity index (χ4v) is 11.1. The van der Waals surface area contributed by atoms with Crippen molar-refractivity contribution in [2.75, 3.05) is 13.2 Å². The third kappa shape index (κ3) is 12.8. The number of aryl methyl sites for hydroxylation is 2. The van der Waals surface area contributed by atoms with E-state index >= 15 is 13.3 Å². The summed E-state index contributed by atoms with van der Waals surface area (Å²) >= 11 is 0. The maximum Gasteiger partial charge on any atom is 0.403 e. The second-order valence-corrected chi connectivity index (χ2v) is 21.0. The number of alkyl halides is 2. The first-order valence-electron chi connectivity index (χ1n) is 24.5. The largest absolute Gasteiger partial charge is 0.403 e. The number of hydrogen-bond acceptors (Lipinski definition) is 13. The molecule has 0 amide bonds. The summed E-state index contributed by atoms with van der Waals surface area (Å²) in [5.41, 5.74) is 2.91. The SMILES string of the molecule is Cc1ccccc1COCC(OP(N)(=O)OC(COCc1ccccc1C)[C@H](C[C@H]1O[C@@H](n2ccc(=O)[nH]c2=O)[C@](C)(F)[C@@H]1O)c1ccccc1)[C@H](C[C@H]1O[C@@H](n2ccc(=O)[nH]c2=O)[C@](C)(F)[C@@H]1O)c1ccccc1. The fraction of sp³-hybridized carbons (Fsp3) is 0.407. The Balaban J connectivity index is 1.15. The third-order valence-electron chi connectivity index (χ3n) is 14.1. The average molecular weight is 1060 g/mol. The Morgan fingerprint density at radius 1 is 0.613 bits per heavy atom. The first-order valence-corrected chi connectivity index (χ1v) is 26.1. The lowest BCUT2D eigenvalue weighted by Crippen LogP contribution is -2.43. The zero-order valence-corrected chi connectivity index (χ0v) is 42.7. The number of hydrogen-bond donors (Lipinski definition) is 5. The standard InChI is InChI=1S/C54H62F2N5O13P/c1-33-15-11-13-21-37(33)29-69-31-43(39(35-17-7-5-8-18-35)27-41-47(64)53(3,55)49(71-41)60-25-23-45(62)58-51(60)66)73-75(57,68)74-44(32-70-30-38-22-14-12-16-34(38)2)40(36-19-9-6-10-20-36)28-42-48(65)54(4,56)50(72-42)61-26-24-46(63)59-52(61)67/h5-26,39-44,47-50,64-65H,27-32H2,1-4H3,(H2,57,68)(H,58,62,66)(H,59,63,67)/t39-,40-,41-,42-,43?,44?,47-,48-,49-,50-,53-,54-,75?/m1/s1. The smallest absolute Gasteiger partial charge is 0.387 e. The number of ether oxygens (including phenoxy) is 4. The van der Waals surface area contributed by atoms with Crippen molar-refractivity contribution in [1.82, 2.24) is 19.1 Å². The number of H-pyrrole nitrogens is 2. The van der Waals surface area contributed by atoms with Crippen LogP contribution in [0.1, 0.15) is 84.4 Å². The number of nitrogens with zero attached hydrogens (tertiary/aromatic N) is 2. The van der Waals surface area contributed by atoms with Crippen molar-refractivity contribution in [3.63, 3.8) is 0 Å². The zero-order valence-electron chi connectivity index (χ0n) is 41.8. The van der Waals surface area contributed by atoms with Gasteiger partial charge in [0, 0.05) is 36.4 Å². The van der Waals surface area contributed by atoms with Gasteiger partial charge in [0.1, 0.15) is 12.2 Å². The molecule has 18 nitrogen and oxygen atoms in total. The van der Waals surface area contributed by atoms with E-state index < -0.39 is 102 Å². The van der Waals surface area contributed by atoms with Gasteiger partial charge < -0.3 is 29.2 Å². The highest BCUT2D eigenvalue weighted by Crippen LogP contribution is 2.51. The highest BCUT2D eigenvalue weighted by Gasteiger charge is 2.57. The Morgan fingerprint density at radius 3 is 1.33 bits per heavy atom. The number of benzene rings is 4. The summed E-state index contributed by atoms with van der Waals surface area (Å²) in [4.78, 5) is 53.9. The molecular weight excluding hydrogens is 996 g/mol. The van der Waals surface area contributed by atoms with Gasteiger partial charge in [-0.2, -0.15) is 0 Å². The first-order chi connectivity index (χ1) is 35.7. The van der Waals surface area contributed by atoms with Gasteiger partial charge in [-0.3, -0.25) is 37.7 Å². The van der Waals surface area contributed by atoms with Crippen LogP contribution < -0.4 is 28.0 Å². The van der Waals surface area contributed by atoms with Crippen LogP contribution in [0.2, 0.25) is 0 Å². The van der Waals surface area contributed by atoms with Crippen molar-refractivity contribution in [1.29, 1.82) is 0 Å². The molecule has 8 rings (SSSR count). The topological polar surface area (TPSA) is 249 Å². The lowest BCUT2D eigenvalue weighted by atomic mass is 9.85.